The van der Waals surface area contributed by atoms with Crippen LogP contribution in [0.4, 0.5) is 0 Å². The Bertz CT molecular complexity index is 403. The van der Waals surface area contributed by atoms with Gasteiger partial charge in [-0.25, -0.2) is 0 Å². The summed E-state index contributed by atoms with van der Waals surface area (Å²) in [7, 11) is 1.72. The van der Waals surface area contributed by atoms with Gasteiger partial charge in [-0.2, -0.15) is 0 Å². The standard InChI is InChI=1S/C21H42N4O/c1-5-7-8-9-10-11-18(3)17-24-21(23-6-2)25-14-12-19(13-15-25)16-20(26)22-4/h18-19H,5-17H2,1-4H3,(H,22,26)(H,23,24). The number of carbonyl (C=O) groups excluding carboxylic acids is 1. The number of rotatable bonds is 11. The zero-order chi connectivity index (χ0) is 19.2. The Labute approximate surface area is 161 Å². The zero-order valence-corrected chi connectivity index (χ0v) is 17.6. The van der Waals surface area contributed by atoms with Gasteiger partial charge in [-0.3, -0.25) is 9.79 Å². The zero-order valence-electron chi connectivity index (χ0n) is 17.6. The second-order valence-electron chi connectivity index (χ2n) is 7.81. The van der Waals surface area contributed by atoms with Gasteiger partial charge < -0.3 is 15.5 Å². The molecule has 0 aromatic carbocycles. The van der Waals surface area contributed by atoms with E-state index in [1.165, 1.54) is 38.5 Å². The monoisotopic (exact) mass is 366 g/mol. The maximum atomic E-state index is 11.6. The molecular weight excluding hydrogens is 324 g/mol. The fourth-order valence-corrected chi connectivity index (χ4v) is 3.57. The molecule has 0 radical (unpaired) electrons. The van der Waals surface area contributed by atoms with E-state index in [0.29, 0.717) is 18.3 Å². The largest absolute Gasteiger partial charge is 0.359 e. The molecule has 0 aromatic heterocycles. The van der Waals surface area contributed by atoms with E-state index in [4.69, 9.17) is 4.99 Å². The first-order valence-electron chi connectivity index (χ1n) is 10.8. The Morgan fingerprint density at radius 2 is 1.85 bits per heavy atom. The molecule has 1 fully saturated rings. The minimum atomic E-state index is 0.164. The molecule has 1 aliphatic rings. The van der Waals surface area contributed by atoms with Gasteiger partial charge in [-0.1, -0.05) is 46.0 Å². The lowest BCUT2D eigenvalue weighted by molar-refractivity contribution is -0.121. The molecule has 1 aliphatic heterocycles. The number of hydrogen-bond donors (Lipinski definition) is 2. The molecule has 0 bridgehead atoms. The van der Waals surface area contributed by atoms with Crippen molar-refractivity contribution in [1.29, 1.82) is 0 Å². The SMILES string of the molecule is CCCCCCCC(C)CN=C(NCC)N1CCC(CC(=O)NC)CC1. The minimum Gasteiger partial charge on any atom is -0.359 e. The molecule has 2 N–H and O–H groups in total. The van der Waals surface area contributed by atoms with Crippen molar-refractivity contribution < 1.29 is 4.79 Å². The van der Waals surface area contributed by atoms with Crippen molar-refractivity contribution in [3.8, 4) is 0 Å². The van der Waals surface area contributed by atoms with E-state index in [1.54, 1.807) is 7.05 Å². The third-order valence-corrected chi connectivity index (χ3v) is 5.36. The summed E-state index contributed by atoms with van der Waals surface area (Å²) in [6.07, 6.45) is 10.8. The lowest BCUT2D eigenvalue weighted by atomic mass is 9.93. The van der Waals surface area contributed by atoms with E-state index in [1.807, 2.05) is 0 Å². The summed E-state index contributed by atoms with van der Waals surface area (Å²) in [6, 6.07) is 0. The maximum absolute atomic E-state index is 11.6. The van der Waals surface area contributed by atoms with E-state index in [0.717, 1.165) is 45.0 Å². The van der Waals surface area contributed by atoms with Gasteiger partial charge in [-0.05, 0) is 38.0 Å². The van der Waals surface area contributed by atoms with Gasteiger partial charge in [0.15, 0.2) is 5.96 Å². The van der Waals surface area contributed by atoms with Crippen LogP contribution >= 0.6 is 0 Å². The molecule has 1 amide bonds. The molecule has 1 atom stereocenters. The Hall–Kier alpha value is -1.26. The number of carbonyl (C=O) groups is 1. The fourth-order valence-electron chi connectivity index (χ4n) is 3.57. The van der Waals surface area contributed by atoms with Crippen LogP contribution in [-0.4, -0.2) is 50.0 Å². The van der Waals surface area contributed by atoms with E-state index < -0.39 is 0 Å². The molecule has 5 nitrogen and oxygen atoms in total. The molecule has 0 saturated carbocycles. The molecule has 26 heavy (non-hydrogen) atoms. The van der Waals surface area contributed by atoms with E-state index in [-0.39, 0.29) is 5.91 Å². The first-order valence-corrected chi connectivity index (χ1v) is 10.8. The van der Waals surface area contributed by atoms with Crippen LogP contribution in [0.25, 0.3) is 0 Å². The number of hydrogen-bond acceptors (Lipinski definition) is 2. The Morgan fingerprint density at radius 1 is 1.15 bits per heavy atom. The molecule has 1 unspecified atom stereocenters. The first kappa shape index (κ1) is 22.8. The summed E-state index contributed by atoms with van der Waals surface area (Å²) in [5, 5.41) is 6.19. The second-order valence-corrected chi connectivity index (χ2v) is 7.81. The molecule has 0 aliphatic carbocycles. The molecule has 1 saturated heterocycles. The lowest BCUT2D eigenvalue weighted by Gasteiger charge is -2.34. The summed E-state index contributed by atoms with van der Waals surface area (Å²) in [5.74, 6) is 2.38. The van der Waals surface area contributed by atoms with Gasteiger partial charge in [0.05, 0.1) is 0 Å². The smallest absolute Gasteiger partial charge is 0.220 e. The van der Waals surface area contributed by atoms with Crippen LogP contribution in [0, 0.1) is 11.8 Å². The predicted octanol–water partition coefficient (Wildman–Crippen LogP) is 3.80. The van der Waals surface area contributed by atoms with Crippen LogP contribution < -0.4 is 10.6 Å². The first-order chi connectivity index (χ1) is 12.6. The quantitative estimate of drug-likeness (QED) is 0.332. The van der Waals surface area contributed by atoms with Crippen molar-refractivity contribution in [2.24, 2.45) is 16.8 Å². The third-order valence-electron chi connectivity index (χ3n) is 5.36. The van der Waals surface area contributed by atoms with Crippen LogP contribution in [0.5, 0.6) is 0 Å². The van der Waals surface area contributed by atoms with E-state index in [2.05, 4.69) is 36.3 Å². The van der Waals surface area contributed by atoms with Gasteiger partial charge in [0, 0.05) is 39.6 Å². The highest BCUT2D eigenvalue weighted by atomic mass is 16.1. The fraction of sp³-hybridized carbons (Fsp3) is 0.905. The number of guanidine groups is 1. The molecule has 5 heteroatoms. The third kappa shape index (κ3) is 9.44. The Kier molecular flexibility index (Phi) is 12.2. The van der Waals surface area contributed by atoms with Gasteiger partial charge in [-0.15, -0.1) is 0 Å². The van der Waals surface area contributed by atoms with E-state index in [9.17, 15) is 4.79 Å². The predicted molar refractivity (Wildman–Crippen MR) is 111 cm³/mol. The molecule has 1 rings (SSSR count). The van der Waals surface area contributed by atoms with Crippen molar-refractivity contribution in [1.82, 2.24) is 15.5 Å². The number of unbranched alkanes of at least 4 members (excludes halogenated alkanes) is 4. The summed E-state index contributed by atoms with van der Waals surface area (Å²) in [4.78, 5) is 18.8. The number of piperidine rings is 1. The summed E-state index contributed by atoms with van der Waals surface area (Å²) in [5.41, 5.74) is 0. The van der Waals surface area contributed by atoms with Crippen molar-refractivity contribution in [2.45, 2.75) is 78.6 Å². The van der Waals surface area contributed by atoms with Gasteiger partial charge >= 0.3 is 0 Å². The average Bonchev–Trinajstić information content (AvgIpc) is 2.65. The van der Waals surface area contributed by atoms with Crippen molar-refractivity contribution in [3.63, 3.8) is 0 Å². The van der Waals surface area contributed by atoms with Crippen LogP contribution in [0.1, 0.15) is 78.6 Å². The van der Waals surface area contributed by atoms with Crippen LogP contribution in [0.2, 0.25) is 0 Å². The van der Waals surface area contributed by atoms with Crippen LogP contribution in [0.15, 0.2) is 4.99 Å². The van der Waals surface area contributed by atoms with Crippen molar-refractivity contribution in [3.05, 3.63) is 0 Å². The van der Waals surface area contributed by atoms with Gasteiger partial charge in [0.2, 0.25) is 5.91 Å². The number of aliphatic imine (C=N–C) groups is 1. The number of nitrogens with one attached hydrogen (secondary N) is 2. The second kappa shape index (κ2) is 13.9. The van der Waals surface area contributed by atoms with Crippen LogP contribution in [0.3, 0.4) is 0 Å². The highest BCUT2D eigenvalue weighted by Crippen LogP contribution is 2.20. The highest BCUT2D eigenvalue weighted by molar-refractivity contribution is 5.80. The summed E-state index contributed by atoms with van der Waals surface area (Å²) in [6.45, 7) is 10.5. The average molecular weight is 367 g/mol. The molecule has 0 spiro atoms. The molecule has 0 aromatic rings. The molecule has 1 heterocycles. The Morgan fingerprint density at radius 3 is 2.46 bits per heavy atom. The van der Waals surface area contributed by atoms with Crippen LogP contribution in [-0.2, 0) is 4.79 Å². The maximum Gasteiger partial charge on any atom is 0.220 e. The lowest BCUT2D eigenvalue weighted by Crippen LogP contribution is -2.46. The minimum absolute atomic E-state index is 0.164. The van der Waals surface area contributed by atoms with Gasteiger partial charge in [0.25, 0.3) is 0 Å². The van der Waals surface area contributed by atoms with Gasteiger partial charge in [0.1, 0.15) is 0 Å². The van der Waals surface area contributed by atoms with Crippen molar-refractivity contribution in [2.75, 3.05) is 33.2 Å². The topological polar surface area (TPSA) is 56.7 Å². The number of nitrogens with zero attached hydrogens (tertiary/aromatic N) is 2. The normalized spacial score (nSPS) is 17.2. The number of likely N-dealkylation sites (tertiary alicyclic amines) is 1. The molecule has 152 valence electrons. The van der Waals surface area contributed by atoms with E-state index >= 15 is 0 Å². The number of amides is 1. The Balaban J connectivity index is 2.37. The summed E-state index contributed by atoms with van der Waals surface area (Å²) >= 11 is 0. The molecular formula is C21H42N4O. The highest BCUT2D eigenvalue weighted by Gasteiger charge is 2.23. The van der Waals surface area contributed by atoms with Crippen molar-refractivity contribution >= 4 is 11.9 Å². The summed E-state index contributed by atoms with van der Waals surface area (Å²) < 4.78 is 0.